The van der Waals surface area contributed by atoms with Gasteiger partial charge in [-0.1, -0.05) is 64.5 Å². The van der Waals surface area contributed by atoms with E-state index in [-0.39, 0.29) is 0 Å². The van der Waals surface area contributed by atoms with Crippen LogP contribution in [0.2, 0.25) is 0 Å². The Morgan fingerprint density at radius 3 is 2.22 bits per heavy atom. The fraction of sp³-hybridized carbons (Fsp3) is 0.0435. The predicted molar refractivity (Wildman–Crippen MR) is 113 cm³/mol. The molecule has 0 N–H and O–H groups in total. The van der Waals surface area contributed by atoms with E-state index < -0.39 is 0 Å². The molecular weight excluding hydrogens is 400 g/mol. The Hall–Kier alpha value is -3.16. The molecule has 27 heavy (non-hydrogen) atoms. The maximum Gasteiger partial charge on any atom is 0.187 e. The molecule has 0 saturated heterocycles. The lowest BCUT2D eigenvalue weighted by molar-refractivity contribution is 0.421. The van der Waals surface area contributed by atoms with Gasteiger partial charge in [0.2, 0.25) is 0 Å². The number of ether oxygens (including phenoxy) is 1. The number of aromatic nitrogens is 1. The normalized spacial score (nSPS) is 10.6. The largest absolute Gasteiger partial charge is 0.495 e. The van der Waals surface area contributed by atoms with Gasteiger partial charge < -0.3 is 4.74 Å². The first-order chi connectivity index (χ1) is 13.2. The van der Waals surface area contributed by atoms with Crippen molar-refractivity contribution in [1.29, 1.82) is 0 Å². The van der Waals surface area contributed by atoms with E-state index in [9.17, 15) is 0 Å². The van der Waals surface area contributed by atoms with Crippen LogP contribution in [0.5, 0.6) is 5.75 Å². The summed E-state index contributed by atoms with van der Waals surface area (Å²) in [6.45, 7) is 7.11. The fourth-order valence-corrected chi connectivity index (χ4v) is 3.47. The van der Waals surface area contributed by atoms with E-state index in [1.165, 1.54) is 0 Å². The minimum absolute atomic E-state index is 0.627. The highest BCUT2D eigenvalue weighted by Crippen LogP contribution is 2.39. The average molecular weight is 415 g/mol. The van der Waals surface area contributed by atoms with Gasteiger partial charge in [0.1, 0.15) is 5.75 Å². The third-order valence-corrected chi connectivity index (χ3v) is 5.04. The van der Waals surface area contributed by atoms with Crippen molar-refractivity contribution in [2.24, 2.45) is 0 Å². The van der Waals surface area contributed by atoms with E-state index in [2.05, 4.69) is 20.8 Å². The molecule has 0 unspecified atom stereocenters. The van der Waals surface area contributed by atoms with E-state index in [0.717, 1.165) is 43.4 Å². The fourth-order valence-electron chi connectivity index (χ4n) is 3.20. The van der Waals surface area contributed by atoms with Gasteiger partial charge in [0.05, 0.1) is 19.2 Å². The van der Waals surface area contributed by atoms with Gasteiger partial charge >= 0.3 is 0 Å². The Balaban J connectivity index is 1.92. The molecule has 0 aliphatic rings. The summed E-state index contributed by atoms with van der Waals surface area (Å²) >= 11 is 3.47. The number of methoxy groups -OCH3 is 1. The van der Waals surface area contributed by atoms with E-state index in [1.807, 2.05) is 72.9 Å². The van der Waals surface area contributed by atoms with Crippen LogP contribution in [0.4, 0.5) is 5.69 Å². The van der Waals surface area contributed by atoms with Gasteiger partial charge in [0.25, 0.3) is 0 Å². The lowest BCUT2D eigenvalue weighted by Crippen LogP contribution is -1.93. The molecule has 0 fully saturated rings. The SMILES string of the molecule is [C-]#[N+]c1ccc(-c2cccc3c(OC)c(-c4ccc(Br)cc4)cnc23)cc1. The summed E-state index contributed by atoms with van der Waals surface area (Å²) in [5.41, 5.74) is 5.56. The van der Waals surface area contributed by atoms with Crippen molar-refractivity contribution in [3.8, 4) is 28.0 Å². The summed E-state index contributed by atoms with van der Waals surface area (Å²) in [5.74, 6) is 0.807. The average Bonchev–Trinajstić information content (AvgIpc) is 2.73. The molecule has 0 bridgehead atoms. The van der Waals surface area contributed by atoms with Crippen LogP contribution in [0.25, 0.3) is 38.0 Å². The maximum absolute atomic E-state index is 7.11. The molecule has 4 aromatic rings. The van der Waals surface area contributed by atoms with E-state index in [1.54, 1.807) is 7.11 Å². The Morgan fingerprint density at radius 2 is 1.56 bits per heavy atom. The second-order valence-corrected chi connectivity index (χ2v) is 6.99. The van der Waals surface area contributed by atoms with Crippen LogP contribution in [0, 0.1) is 6.57 Å². The number of hydrogen-bond donors (Lipinski definition) is 0. The Labute approximate surface area is 166 Å². The molecule has 1 aromatic heterocycles. The number of nitrogens with zero attached hydrogens (tertiary/aromatic N) is 2. The minimum Gasteiger partial charge on any atom is -0.495 e. The zero-order chi connectivity index (χ0) is 18.8. The summed E-state index contributed by atoms with van der Waals surface area (Å²) in [4.78, 5) is 8.21. The molecule has 0 aliphatic heterocycles. The number of hydrogen-bond acceptors (Lipinski definition) is 2. The molecule has 0 atom stereocenters. The van der Waals surface area contributed by atoms with Gasteiger partial charge in [-0.25, -0.2) is 4.85 Å². The number of benzene rings is 3. The summed E-state index contributed by atoms with van der Waals surface area (Å²) in [6.07, 6.45) is 1.86. The van der Waals surface area contributed by atoms with Crippen molar-refractivity contribution in [2.45, 2.75) is 0 Å². The standard InChI is InChI=1S/C23H15BrN2O/c1-25-18-12-8-15(9-13-18)19-4-3-5-20-22(19)26-14-21(23(20)27-2)16-6-10-17(24)11-7-16/h3-14H,2H3. The van der Waals surface area contributed by atoms with Crippen LogP contribution in [-0.4, -0.2) is 12.1 Å². The zero-order valence-corrected chi connectivity index (χ0v) is 16.2. The van der Waals surface area contributed by atoms with Crippen LogP contribution in [-0.2, 0) is 0 Å². The first-order valence-electron chi connectivity index (χ1n) is 8.41. The van der Waals surface area contributed by atoms with Crippen LogP contribution in [0.1, 0.15) is 0 Å². The van der Waals surface area contributed by atoms with Gasteiger partial charge in [0, 0.05) is 27.2 Å². The second kappa shape index (κ2) is 7.22. The van der Waals surface area contributed by atoms with Gasteiger partial charge in [-0.05, 0) is 29.3 Å². The Bertz CT molecular complexity index is 1160. The second-order valence-electron chi connectivity index (χ2n) is 6.07. The monoisotopic (exact) mass is 414 g/mol. The van der Waals surface area contributed by atoms with Crippen LogP contribution >= 0.6 is 15.9 Å². The quantitative estimate of drug-likeness (QED) is 0.341. The third-order valence-electron chi connectivity index (χ3n) is 4.51. The molecule has 3 nitrogen and oxygen atoms in total. The van der Waals surface area contributed by atoms with E-state index in [0.29, 0.717) is 5.69 Å². The lowest BCUT2D eigenvalue weighted by Gasteiger charge is -2.14. The predicted octanol–water partition coefficient (Wildman–Crippen LogP) is 6.89. The first-order valence-corrected chi connectivity index (χ1v) is 9.20. The van der Waals surface area contributed by atoms with Crippen molar-refractivity contribution in [1.82, 2.24) is 4.98 Å². The van der Waals surface area contributed by atoms with Crippen molar-refractivity contribution in [3.05, 3.63) is 88.8 Å². The third kappa shape index (κ3) is 3.18. The smallest absolute Gasteiger partial charge is 0.187 e. The Morgan fingerprint density at radius 1 is 0.889 bits per heavy atom. The van der Waals surface area contributed by atoms with Gasteiger partial charge in [-0.15, -0.1) is 0 Å². The molecular formula is C23H15BrN2O. The molecule has 4 rings (SSSR count). The number of fused-ring (bicyclic) bond motifs is 1. The highest BCUT2D eigenvalue weighted by molar-refractivity contribution is 9.10. The van der Waals surface area contributed by atoms with Crippen LogP contribution in [0.15, 0.2) is 77.4 Å². The molecule has 1 heterocycles. The maximum atomic E-state index is 7.11. The van der Waals surface area contributed by atoms with Crippen LogP contribution in [0.3, 0.4) is 0 Å². The number of para-hydroxylation sites is 1. The molecule has 0 saturated carbocycles. The molecule has 0 spiro atoms. The molecule has 130 valence electrons. The van der Waals surface area contributed by atoms with Crippen molar-refractivity contribution < 1.29 is 4.74 Å². The molecule has 0 aliphatic carbocycles. The summed E-state index contributed by atoms with van der Waals surface area (Å²) in [5, 5.41) is 0.963. The number of pyridine rings is 1. The molecule has 3 aromatic carbocycles. The highest BCUT2D eigenvalue weighted by atomic mass is 79.9. The molecule has 0 amide bonds. The lowest BCUT2D eigenvalue weighted by atomic mass is 9.98. The number of rotatable bonds is 3. The minimum atomic E-state index is 0.627. The van der Waals surface area contributed by atoms with Gasteiger partial charge in [-0.3, -0.25) is 4.98 Å². The van der Waals surface area contributed by atoms with Crippen molar-refractivity contribution in [3.63, 3.8) is 0 Å². The van der Waals surface area contributed by atoms with Gasteiger partial charge in [0.15, 0.2) is 5.69 Å². The van der Waals surface area contributed by atoms with Crippen LogP contribution < -0.4 is 4.74 Å². The summed E-state index contributed by atoms with van der Waals surface area (Å²) < 4.78 is 6.81. The first kappa shape index (κ1) is 17.3. The van der Waals surface area contributed by atoms with Gasteiger partial charge in [-0.2, -0.15) is 0 Å². The van der Waals surface area contributed by atoms with Crippen molar-refractivity contribution in [2.75, 3.05) is 7.11 Å². The Kier molecular flexibility index (Phi) is 4.62. The summed E-state index contributed by atoms with van der Waals surface area (Å²) in [7, 11) is 1.69. The molecule has 4 heteroatoms. The van der Waals surface area contributed by atoms with Crippen molar-refractivity contribution >= 4 is 32.5 Å². The zero-order valence-electron chi connectivity index (χ0n) is 14.6. The molecule has 0 radical (unpaired) electrons. The summed E-state index contributed by atoms with van der Waals surface area (Å²) in [6, 6.07) is 21.8. The topological polar surface area (TPSA) is 26.5 Å². The van der Waals surface area contributed by atoms with E-state index >= 15 is 0 Å². The highest BCUT2D eigenvalue weighted by Gasteiger charge is 2.14. The number of halogens is 1. The van der Waals surface area contributed by atoms with E-state index in [4.69, 9.17) is 16.3 Å².